The van der Waals surface area contributed by atoms with E-state index in [0.717, 1.165) is 12.0 Å². The summed E-state index contributed by atoms with van der Waals surface area (Å²) < 4.78 is 0. The summed E-state index contributed by atoms with van der Waals surface area (Å²) in [5.41, 5.74) is 2.91. The lowest BCUT2D eigenvalue weighted by Crippen LogP contribution is -2.34. The molecule has 0 aliphatic carbocycles. The van der Waals surface area contributed by atoms with Crippen LogP contribution in [0.3, 0.4) is 0 Å². The zero-order valence-electron chi connectivity index (χ0n) is 11.3. The SMILES string of the molecule is N#Cc1cccc(CN[C@H](CO)Cc2ccccc2)c1. The van der Waals surface area contributed by atoms with Crippen molar-refractivity contribution in [2.75, 3.05) is 6.61 Å². The first-order valence-electron chi connectivity index (χ1n) is 6.69. The number of nitrogens with zero attached hydrogens (tertiary/aromatic N) is 1. The number of hydrogen-bond acceptors (Lipinski definition) is 3. The highest BCUT2D eigenvalue weighted by Gasteiger charge is 2.07. The first-order valence-corrected chi connectivity index (χ1v) is 6.69. The third-order valence-electron chi connectivity index (χ3n) is 3.20. The summed E-state index contributed by atoms with van der Waals surface area (Å²) in [5.74, 6) is 0. The average molecular weight is 266 g/mol. The minimum Gasteiger partial charge on any atom is -0.395 e. The molecule has 0 aromatic heterocycles. The van der Waals surface area contributed by atoms with Crippen LogP contribution in [-0.2, 0) is 13.0 Å². The fourth-order valence-electron chi connectivity index (χ4n) is 2.11. The Morgan fingerprint density at radius 3 is 2.50 bits per heavy atom. The van der Waals surface area contributed by atoms with Crippen LogP contribution in [0.1, 0.15) is 16.7 Å². The van der Waals surface area contributed by atoms with E-state index in [1.54, 1.807) is 6.07 Å². The van der Waals surface area contributed by atoms with E-state index >= 15 is 0 Å². The van der Waals surface area contributed by atoms with Crippen molar-refractivity contribution in [2.24, 2.45) is 0 Å². The Kier molecular flexibility index (Phi) is 5.31. The van der Waals surface area contributed by atoms with Gasteiger partial charge in [0, 0.05) is 12.6 Å². The molecule has 1 atom stereocenters. The second-order valence-corrected chi connectivity index (χ2v) is 4.76. The molecule has 0 spiro atoms. The largest absolute Gasteiger partial charge is 0.395 e. The Bertz CT molecular complexity index is 575. The van der Waals surface area contributed by atoms with Gasteiger partial charge in [0.05, 0.1) is 18.2 Å². The minimum atomic E-state index is 0.0168. The minimum absolute atomic E-state index is 0.0168. The molecule has 0 radical (unpaired) electrons. The number of benzene rings is 2. The number of nitrogens with one attached hydrogen (secondary N) is 1. The summed E-state index contributed by atoms with van der Waals surface area (Å²) in [6.45, 7) is 0.737. The maximum Gasteiger partial charge on any atom is 0.0991 e. The lowest BCUT2D eigenvalue weighted by Gasteiger charge is -2.16. The molecule has 0 bridgehead atoms. The highest BCUT2D eigenvalue weighted by molar-refractivity contribution is 5.32. The molecule has 0 saturated heterocycles. The fraction of sp³-hybridized carbons (Fsp3) is 0.235. The second-order valence-electron chi connectivity index (χ2n) is 4.76. The molecule has 0 unspecified atom stereocenters. The summed E-state index contributed by atoms with van der Waals surface area (Å²) in [6.07, 6.45) is 0.787. The normalized spacial score (nSPS) is 11.8. The van der Waals surface area contributed by atoms with Gasteiger partial charge < -0.3 is 10.4 Å². The molecular formula is C17H18N2O. The predicted molar refractivity (Wildman–Crippen MR) is 79.0 cm³/mol. The summed E-state index contributed by atoms with van der Waals surface area (Å²) >= 11 is 0. The summed E-state index contributed by atoms with van der Waals surface area (Å²) in [7, 11) is 0. The van der Waals surface area contributed by atoms with E-state index in [2.05, 4.69) is 23.5 Å². The van der Waals surface area contributed by atoms with E-state index in [1.807, 2.05) is 36.4 Å². The Morgan fingerprint density at radius 2 is 1.80 bits per heavy atom. The average Bonchev–Trinajstić information content (AvgIpc) is 2.52. The third-order valence-corrected chi connectivity index (χ3v) is 3.20. The van der Waals surface area contributed by atoms with E-state index < -0.39 is 0 Å². The van der Waals surface area contributed by atoms with Crippen LogP contribution in [0.25, 0.3) is 0 Å². The maximum absolute atomic E-state index is 9.45. The lowest BCUT2D eigenvalue weighted by molar-refractivity contribution is 0.241. The van der Waals surface area contributed by atoms with Crippen molar-refractivity contribution >= 4 is 0 Å². The molecular weight excluding hydrogens is 248 g/mol. The van der Waals surface area contributed by atoms with Gasteiger partial charge in [0.25, 0.3) is 0 Å². The lowest BCUT2D eigenvalue weighted by atomic mass is 10.1. The van der Waals surface area contributed by atoms with Gasteiger partial charge in [-0.2, -0.15) is 5.26 Å². The quantitative estimate of drug-likeness (QED) is 0.843. The number of nitriles is 1. The Hall–Kier alpha value is -2.15. The second kappa shape index (κ2) is 7.44. The molecule has 0 aliphatic heterocycles. The Morgan fingerprint density at radius 1 is 1.05 bits per heavy atom. The highest BCUT2D eigenvalue weighted by atomic mass is 16.3. The van der Waals surface area contributed by atoms with Crippen LogP contribution in [0, 0.1) is 11.3 Å². The van der Waals surface area contributed by atoms with Gasteiger partial charge in [0.2, 0.25) is 0 Å². The van der Waals surface area contributed by atoms with Crippen molar-refractivity contribution in [1.82, 2.24) is 5.32 Å². The van der Waals surface area contributed by atoms with Gasteiger partial charge in [-0.1, -0.05) is 42.5 Å². The molecule has 2 N–H and O–H groups in total. The van der Waals surface area contributed by atoms with Gasteiger partial charge in [-0.15, -0.1) is 0 Å². The molecule has 2 aromatic carbocycles. The number of aliphatic hydroxyl groups is 1. The number of hydrogen-bond donors (Lipinski definition) is 2. The molecule has 0 amide bonds. The number of rotatable bonds is 6. The zero-order valence-corrected chi connectivity index (χ0v) is 11.3. The van der Waals surface area contributed by atoms with Crippen LogP contribution in [0.2, 0.25) is 0 Å². The molecule has 20 heavy (non-hydrogen) atoms. The zero-order chi connectivity index (χ0) is 14.2. The molecule has 3 nitrogen and oxygen atoms in total. The molecule has 2 aromatic rings. The van der Waals surface area contributed by atoms with E-state index in [4.69, 9.17) is 5.26 Å². The van der Waals surface area contributed by atoms with Crippen molar-refractivity contribution in [1.29, 1.82) is 5.26 Å². The molecule has 0 heterocycles. The first kappa shape index (κ1) is 14.3. The Labute approximate surface area is 119 Å². The molecule has 0 aliphatic rings. The topological polar surface area (TPSA) is 56.0 Å². The maximum atomic E-state index is 9.45. The molecule has 2 rings (SSSR count). The number of aliphatic hydroxyl groups excluding tert-OH is 1. The van der Waals surface area contributed by atoms with Crippen molar-refractivity contribution in [3.63, 3.8) is 0 Å². The van der Waals surface area contributed by atoms with Gasteiger partial charge >= 0.3 is 0 Å². The van der Waals surface area contributed by atoms with E-state index in [9.17, 15) is 5.11 Å². The molecule has 3 heteroatoms. The van der Waals surface area contributed by atoms with Crippen LogP contribution < -0.4 is 5.32 Å². The highest BCUT2D eigenvalue weighted by Crippen LogP contribution is 2.06. The molecule has 102 valence electrons. The van der Waals surface area contributed by atoms with E-state index in [0.29, 0.717) is 12.1 Å². The first-order chi connectivity index (χ1) is 9.81. The smallest absolute Gasteiger partial charge is 0.0991 e. The van der Waals surface area contributed by atoms with Crippen molar-refractivity contribution in [2.45, 2.75) is 19.0 Å². The van der Waals surface area contributed by atoms with Crippen molar-refractivity contribution < 1.29 is 5.11 Å². The van der Waals surface area contributed by atoms with E-state index in [-0.39, 0.29) is 12.6 Å². The van der Waals surface area contributed by atoms with E-state index in [1.165, 1.54) is 5.56 Å². The van der Waals surface area contributed by atoms with Gasteiger partial charge in [0.1, 0.15) is 0 Å². The summed E-state index contributed by atoms with van der Waals surface area (Å²) in [5, 5.41) is 21.6. The molecule has 0 fully saturated rings. The monoisotopic (exact) mass is 266 g/mol. The van der Waals surface area contributed by atoms with Crippen LogP contribution in [-0.4, -0.2) is 17.8 Å². The predicted octanol–water partition coefficient (Wildman–Crippen LogP) is 2.25. The van der Waals surface area contributed by atoms with Gasteiger partial charge in [-0.05, 0) is 29.7 Å². The third kappa shape index (κ3) is 4.20. The van der Waals surface area contributed by atoms with Crippen molar-refractivity contribution in [3.05, 3.63) is 71.3 Å². The molecule has 0 saturated carbocycles. The summed E-state index contributed by atoms with van der Waals surface area (Å²) in [4.78, 5) is 0. The van der Waals surface area contributed by atoms with Gasteiger partial charge in [0.15, 0.2) is 0 Å². The van der Waals surface area contributed by atoms with Gasteiger partial charge in [-0.25, -0.2) is 0 Å². The van der Waals surface area contributed by atoms with Crippen molar-refractivity contribution in [3.8, 4) is 6.07 Å². The van der Waals surface area contributed by atoms with Gasteiger partial charge in [-0.3, -0.25) is 0 Å². The summed E-state index contributed by atoms with van der Waals surface area (Å²) in [6, 6.07) is 19.8. The Balaban J connectivity index is 1.92. The fourth-order valence-corrected chi connectivity index (χ4v) is 2.11. The van der Waals surface area contributed by atoms with Crippen LogP contribution in [0.5, 0.6) is 0 Å². The van der Waals surface area contributed by atoms with Crippen LogP contribution in [0.4, 0.5) is 0 Å². The standard InChI is InChI=1S/C17H18N2O/c18-11-15-7-4-8-16(9-15)12-19-17(13-20)10-14-5-2-1-3-6-14/h1-9,17,19-20H,10,12-13H2/t17-/m0/s1. The van der Waals surface area contributed by atoms with Crippen LogP contribution >= 0.6 is 0 Å². The van der Waals surface area contributed by atoms with Crippen LogP contribution in [0.15, 0.2) is 54.6 Å².